The summed E-state index contributed by atoms with van der Waals surface area (Å²) in [6.07, 6.45) is 2.36. The number of hydrogen-bond acceptors (Lipinski definition) is 4. The molecule has 1 atom stereocenters. The molecule has 1 aliphatic rings. The molecule has 0 bridgehead atoms. The van der Waals surface area contributed by atoms with E-state index in [4.69, 9.17) is 4.74 Å². The first-order chi connectivity index (χ1) is 14.3. The third-order valence-electron chi connectivity index (χ3n) is 5.43. The fraction of sp³-hybridized carbons (Fsp3) is 0.348. The minimum atomic E-state index is -3.94. The van der Waals surface area contributed by atoms with Gasteiger partial charge in [0.15, 0.2) is 5.25 Å². The predicted molar refractivity (Wildman–Crippen MR) is 118 cm³/mol. The molecule has 0 aromatic heterocycles. The number of ether oxygens (including phenoxy) is 1. The van der Waals surface area contributed by atoms with Crippen LogP contribution in [0.2, 0.25) is 0 Å². The van der Waals surface area contributed by atoms with E-state index in [1.807, 2.05) is 24.3 Å². The number of sulfonamides is 1. The van der Waals surface area contributed by atoms with Crippen LogP contribution in [0.5, 0.6) is 0 Å². The molecule has 30 heavy (non-hydrogen) atoms. The number of carboxylic acid groups (broad SMARTS) is 1. The molecule has 160 valence electrons. The highest BCUT2D eigenvalue weighted by atomic mass is 32.2. The number of benzene rings is 2. The lowest BCUT2D eigenvalue weighted by molar-refractivity contribution is -0.136. The Hall–Kier alpha value is -2.48. The van der Waals surface area contributed by atoms with E-state index in [2.05, 4.69) is 37.3 Å². The summed E-state index contributed by atoms with van der Waals surface area (Å²) in [5, 5.41) is 7.88. The van der Waals surface area contributed by atoms with Crippen molar-refractivity contribution >= 4 is 21.6 Å². The van der Waals surface area contributed by atoms with Crippen molar-refractivity contribution in [2.45, 2.75) is 25.0 Å². The Morgan fingerprint density at radius 2 is 1.90 bits per heavy atom. The molecule has 6 nitrogen and oxygen atoms in total. The number of nitrogens with zero attached hydrogens (tertiary/aromatic N) is 1. The standard InChI is InChI=1S/C23H27NO5S/c1-17-16-20(8-9-21(17)19-6-4-3-5-7-19)18-10-13-24(14-11-18)30(27,28)22(23(25)26)12-15-29-2/h3-10,16,22H,11-15H2,1-2H3,(H,25,26)/t22-/m1/s1. The third-order valence-corrected chi connectivity index (χ3v) is 7.64. The Bertz CT molecular complexity index is 1030. The van der Waals surface area contributed by atoms with Gasteiger partial charge in [-0.25, -0.2) is 8.42 Å². The SMILES string of the molecule is COCC[C@H](C(=O)O)S(=O)(=O)N1CC=C(c2ccc(-c3ccccc3)c(C)c2)CC1. The smallest absolute Gasteiger partial charge is 0.323 e. The molecule has 2 aromatic carbocycles. The summed E-state index contributed by atoms with van der Waals surface area (Å²) in [6.45, 7) is 2.59. The van der Waals surface area contributed by atoms with Crippen LogP contribution in [-0.4, -0.2) is 55.9 Å². The van der Waals surface area contributed by atoms with E-state index in [-0.39, 0.29) is 26.1 Å². The third kappa shape index (κ3) is 4.80. The van der Waals surface area contributed by atoms with Crippen LogP contribution in [0.15, 0.2) is 54.6 Å². The summed E-state index contributed by atoms with van der Waals surface area (Å²) in [6, 6.07) is 16.4. The highest BCUT2D eigenvalue weighted by Crippen LogP contribution is 2.30. The maximum Gasteiger partial charge on any atom is 0.323 e. The first-order valence-electron chi connectivity index (χ1n) is 9.90. The molecule has 2 aromatic rings. The van der Waals surface area contributed by atoms with Crippen LogP contribution in [-0.2, 0) is 19.6 Å². The second kappa shape index (κ2) is 9.55. The largest absolute Gasteiger partial charge is 0.480 e. The zero-order valence-corrected chi connectivity index (χ0v) is 18.1. The van der Waals surface area contributed by atoms with Gasteiger partial charge in [-0.2, -0.15) is 4.31 Å². The zero-order chi connectivity index (χ0) is 21.7. The number of carboxylic acids is 1. The van der Waals surface area contributed by atoms with Crippen LogP contribution < -0.4 is 0 Å². The molecule has 7 heteroatoms. The van der Waals surface area contributed by atoms with E-state index in [0.29, 0.717) is 6.42 Å². The fourth-order valence-corrected chi connectivity index (χ4v) is 5.39. The first-order valence-corrected chi connectivity index (χ1v) is 11.4. The first kappa shape index (κ1) is 22.2. The van der Waals surface area contributed by atoms with Gasteiger partial charge < -0.3 is 9.84 Å². The maximum atomic E-state index is 12.8. The van der Waals surface area contributed by atoms with Crippen LogP contribution in [0.3, 0.4) is 0 Å². The lowest BCUT2D eigenvalue weighted by Crippen LogP contribution is -2.44. The van der Waals surface area contributed by atoms with Gasteiger partial charge in [0, 0.05) is 26.8 Å². The Labute approximate surface area is 177 Å². The molecule has 0 radical (unpaired) electrons. The minimum Gasteiger partial charge on any atom is -0.480 e. The molecule has 0 aliphatic carbocycles. The van der Waals surface area contributed by atoms with Gasteiger partial charge in [-0.05, 0) is 47.6 Å². The molecule has 0 spiro atoms. The van der Waals surface area contributed by atoms with E-state index in [9.17, 15) is 18.3 Å². The number of rotatable bonds is 8. The zero-order valence-electron chi connectivity index (χ0n) is 17.2. The van der Waals surface area contributed by atoms with Crippen LogP contribution in [0.4, 0.5) is 0 Å². The van der Waals surface area contributed by atoms with Gasteiger partial charge in [-0.3, -0.25) is 4.79 Å². The molecular formula is C23H27NO5S. The average molecular weight is 430 g/mol. The molecule has 1 heterocycles. The summed E-state index contributed by atoms with van der Waals surface area (Å²) >= 11 is 0. The molecule has 0 fully saturated rings. The average Bonchev–Trinajstić information content (AvgIpc) is 2.74. The summed E-state index contributed by atoms with van der Waals surface area (Å²) in [7, 11) is -2.52. The molecule has 0 saturated carbocycles. The van der Waals surface area contributed by atoms with Gasteiger partial charge in [0.25, 0.3) is 0 Å². The van der Waals surface area contributed by atoms with Crippen LogP contribution in [0.25, 0.3) is 16.7 Å². The molecule has 1 N–H and O–H groups in total. The monoisotopic (exact) mass is 429 g/mol. The van der Waals surface area contributed by atoms with Crippen molar-refractivity contribution in [1.29, 1.82) is 0 Å². The second-order valence-electron chi connectivity index (χ2n) is 7.39. The molecule has 1 aliphatic heterocycles. The van der Waals surface area contributed by atoms with Crippen molar-refractivity contribution in [3.8, 4) is 11.1 Å². The fourth-order valence-electron chi connectivity index (χ4n) is 3.75. The van der Waals surface area contributed by atoms with Crippen molar-refractivity contribution in [1.82, 2.24) is 4.31 Å². The number of carbonyl (C=O) groups is 1. The van der Waals surface area contributed by atoms with Crippen molar-refractivity contribution in [3.05, 3.63) is 65.7 Å². The van der Waals surface area contributed by atoms with Crippen molar-refractivity contribution in [2.24, 2.45) is 0 Å². The maximum absolute atomic E-state index is 12.8. The lowest BCUT2D eigenvalue weighted by Gasteiger charge is -2.28. The van der Waals surface area contributed by atoms with Gasteiger partial charge in [0.1, 0.15) is 0 Å². The molecule has 0 unspecified atom stereocenters. The predicted octanol–water partition coefficient (Wildman–Crippen LogP) is 3.57. The highest BCUT2D eigenvalue weighted by molar-refractivity contribution is 7.90. The summed E-state index contributed by atoms with van der Waals surface area (Å²) < 4.78 is 31.7. The topological polar surface area (TPSA) is 83.9 Å². The molecule has 3 rings (SSSR count). The minimum absolute atomic E-state index is 0.0681. The molecule has 0 saturated heterocycles. The van der Waals surface area contributed by atoms with E-state index < -0.39 is 21.2 Å². The normalized spacial score (nSPS) is 16.1. The van der Waals surface area contributed by atoms with Gasteiger partial charge in [0.2, 0.25) is 10.0 Å². The molecular weight excluding hydrogens is 402 g/mol. The van der Waals surface area contributed by atoms with Crippen LogP contribution >= 0.6 is 0 Å². The summed E-state index contributed by atoms with van der Waals surface area (Å²) in [4.78, 5) is 11.5. The Kier molecular flexibility index (Phi) is 7.07. The number of aryl methyl sites for hydroxylation is 1. The van der Waals surface area contributed by atoms with Crippen molar-refractivity contribution in [3.63, 3.8) is 0 Å². The number of aliphatic carboxylic acids is 1. The quantitative estimate of drug-likeness (QED) is 0.694. The van der Waals surface area contributed by atoms with E-state index in [1.54, 1.807) is 0 Å². The lowest BCUT2D eigenvalue weighted by atomic mass is 9.94. The van der Waals surface area contributed by atoms with Crippen molar-refractivity contribution < 1.29 is 23.1 Å². The Morgan fingerprint density at radius 3 is 2.47 bits per heavy atom. The molecule has 0 amide bonds. The van der Waals surface area contributed by atoms with Crippen LogP contribution in [0.1, 0.15) is 24.0 Å². The Morgan fingerprint density at radius 1 is 1.17 bits per heavy atom. The second-order valence-corrected chi connectivity index (χ2v) is 9.50. The number of hydrogen-bond donors (Lipinski definition) is 1. The van der Waals surface area contributed by atoms with Gasteiger partial charge in [-0.15, -0.1) is 0 Å². The van der Waals surface area contributed by atoms with E-state index >= 15 is 0 Å². The van der Waals surface area contributed by atoms with Gasteiger partial charge >= 0.3 is 5.97 Å². The summed E-state index contributed by atoms with van der Waals surface area (Å²) in [5.74, 6) is -1.34. The van der Waals surface area contributed by atoms with E-state index in [1.165, 1.54) is 17.0 Å². The highest BCUT2D eigenvalue weighted by Gasteiger charge is 2.37. The van der Waals surface area contributed by atoms with E-state index in [0.717, 1.165) is 22.3 Å². The Balaban J connectivity index is 1.77. The van der Waals surface area contributed by atoms with Crippen molar-refractivity contribution in [2.75, 3.05) is 26.8 Å². The van der Waals surface area contributed by atoms with Crippen LogP contribution in [0, 0.1) is 6.92 Å². The van der Waals surface area contributed by atoms with Gasteiger partial charge in [-0.1, -0.05) is 54.6 Å². The van der Waals surface area contributed by atoms with Gasteiger partial charge in [0.05, 0.1) is 0 Å². The number of methoxy groups -OCH3 is 1. The summed E-state index contributed by atoms with van der Waals surface area (Å²) in [5.41, 5.74) is 5.63.